The molecule has 162 valence electrons. The summed E-state index contributed by atoms with van der Waals surface area (Å²) in [5.74, 6) is -1.12. The fourth-order valence-electron chi connectivity index (χ4n) is 2.61. The van der Waals surface area contributed by atoms with Gasteiger partial charge in [0.15, 0.2) is 0 Å². The molecule has 1 N–H and O–H groups in total. The van der Waals surface area contributed by atoms with Gasteiger partial charge in [-0.05, 0) is 25.2 Å². The van der Waals surface area contributed by atoms with E-state index in [1.165, 1.54) is 35.0 Å². The van der Waals surface area contributed by atoms with Crippen molar-refractivity contribution in [2.45, 2.75) is 12.9 Å². The molecule has 2 rings (SSSR count). The zero-order valence-corrected chi connectivity index (χ0v) is 17.1. The van der Waals surface area contributed by atoms with Gasteiger partial charge in [0.1, 0.15) is 5.75 Å². The van der Waals surface area contributed by atoms with Crippen molar-refractivity contribution in [3.05, 3.63) is 59.1 Å². The van der Waals surface area contributed by atoms with Crippen LogP contribution in [0.25, 0.3) is 0 Å². The third-order valence-electron chi connectivity index (χ3n) is 4.00. The van der Waals surface area contributed by atoms with E-state index in [1.807, 2.05) is 0 Å². The van der Waals surface area contributed by atoms with Crippen molar-refractivity contribution in [2.24, 2.45) is 0 Å². The van der Waals surface area contributed by atoms with E-state index < -0.39 is 12.3 Å². The molecule has 30 heavy (non-hydrogen) atoms. The fraction of sp³-hybridized carbons (Fsp3) is 0.300. The second-order valence-electron chi connectivity index (χ2n) is 6.61. The van der Waals surface area contributed by atoms with E-state index in [4.69, 9.17) is 11.6 Å². The third kappa shape index (κ3) is 7.57. The Hall–Kier alpha value is -2.78. The van der Waals surface area contributed by atoms with Crippen molar-refractivity contribution in [2.75, 3.05) is 32.5 Å². The lowest BCUT2D eigenvalue weighted by Gasteiger charge is -2.22. The normalized spacial score (nSPS) is 11.3. The zero-order valence-electron chi connectivity index (χ0n) is 16.4. The number of benzene rings is 2. The molecule has 2 aromatic carbocycles. The van der Waals surface area contributed by atoms with Crippen molar-refractivity contribution in [3.63, 3.8) is 0 Å². The van der Waals surface area contributed by atoms with Gasteiger partial charge in [0, 0.05) is 19.2 Å². The molecule has 0 saturated heterocycles. The first kappa shape index (κ1) is 23.5. The molecule has 0 saturated carbocycles. The van der Waals surface area contributed by atoms with Crippen molar-refractivity contribution < 1.29 is 27.5 Å². The first-order valence-electron chi connectivity index (χ1n) is 8.85. The molecule has 0 fully saturated rings. The Morgan fingerprint density at radius 2 is 1.67 bits per heavy atom. The summed E-state index contributed by atoms with van der Waals surface area (Å²) in [6.45, 7) is -0.250. The Bertz CT molecular complexity index is 893. The molecule has 0 aliphatic carbocycles. The third-order valence-corrected chi connectivity index (χ3v) is 4.33. The highest BCUT2D eigenvalue weighted by molar-refractivity contribution is 6.33. The van der Waals surface area contributed by atoms with Gasteiger partial charge in [-0.2, -0.15) is 0 Å². The summed E-state index contributed by atoms with van der Waals surface area (Å²) in [5, 5.41) is 2.99. The summed E-state index contributed by atoms with van der Waals surface area (Å²) in [5.41, 5.74) is 0.715. The molecule has 0 aliphatic heterocycles. The Morgan fingerprint density at radius 1 is 1.03 bits per heavy atom. The molecule has 0 radical (unpaired) electrons. The summed E-state index contributed by atoms with van der Waals surface area (Å²) in [7, 11) is 3.04. The maximum Gasteiger partial charge on any atom is 0.573 e. The number of hydrogen-bond acceptors (Lipinski definition) is 4. The van der Waals surface area contributed by atoms with E-state index in [0.29, 0.717) is 10.7 Å². The number of alkyl halides is 3. The minimum Gasteiger partial charge on any atom is -0.405 e. The molecular formula is C20H21ClF3N3O3. The lowest BCUT2D eigenvalue weighted by atomic mass is 10.2. The molecule has 0 unspecified atom stereocenters. The number of halogens is 4. The van der Waals surface area contributed by atoms with Crippen molar-refractivity contribution >= 4 is 29.1 Å². The van der Waals surface area contributed by atoms with Crippen molar-refractivity contribution in [1.82, 2.24) is 9.80 Å². The Morgan fingerprint density at radius 3 is 2.33 bits per heavy atom. The van der Waals surface area contributed by atoms with Crippen LogP contribution in [0.3, 0.4) is 0 Å². The number of rotatable bonds is 8. The minimum atomic E-state index is -4.81. The second kappa shape index (κ2) is 10.3. The molecule has 2 amide bonds. The zero-order chi connectivity index (χ0) is 22.3. The lowest BCUT2D eigenvalue weighted by Crippen LogP contribution is -2.40. The van der Waals surface area contributed by atoms with Gasteiger partial charge in [0.25, 0.3) is 0 Å². The number of carbonyl (C=O) groups excluding carboxylic acids is 2. The van der Waals surface area contributed by atoms with Crippen LogP contribution in [0.2, 0.25) is 5.02 Å². The van der Waals surface area contributed by atoms with Gasteiger partial charge in [0.05, 0.1) is 23.8 Å². The van der Waals surface area contributed by atoms with E-state index in [-0.39, 0.29) is 36.9 Å². The second-order valence-corrected chi connectivity index (χ2v) is 7.01. The van der Waals surface area contributed by atoms with Gasteiger partial charge in [-0.25, -0.2) is 0 Å². The van der Waals surface area contributed by atoms with E-state index >= 15 is 0 Å². The smallest absolute Gasteiger partial charge is 0.405 e. The monoisotopic (exact) mass is 443 g/mol. The predicted octanol–water partition coefficient (Wildman–Crippen LogP) is 3.77. The van der Waals surface area contributed by atoms with E-state index in [1.54, 1.807) is 37.4 Å². The molecule has 0 aliphatic rings. The molecule has 0 aromatic heterocycles. The summed E-state index contributed by atoms with van der Waals surface area (Å²) >= 11 is 5.98. The summed E-state index contributed by atoms with van der Waals surface area (Å²) in [6, 6.07) is 12.4. The highest BCUT2D eigenvalue weighted by atomic mass is 35.5. The van der Waals surface area contributed by atoms with Crippen LogP contribution in [0.1, 0.15) is 5.56 Å². The number of carbonyl (C=O) groups is 2. The minimum absolute atomic E-state index is 0.0532. The predicted molar refractivity (Wildman–Crippen MR) is 107 cm³/mol. The van der Waals surface area contributed by atoms with Crippen LogP contribution in [0.15, 0.2) is 48.5 Å². The number of likely N-dealkylation sites (N-methyl/N-ethyl adjacent to an activating group) is 2. The van der Waals surface area contributed by atoms with Crippen LogP contribution in [0.5, 0.6) is 5.75 Å². The van der Waals surface area contributed by atoms with Crippen LogP contribution in [-0.2, 0) is 16.1 Å². The molecule has 10 heteroatoms. The molecular weight excluding hydrogens is 423 g/mol. The summed E-state index contributed by atoms with van der Waals surface area (Å²) in [6.07, 6.45) is -4.81. The van der Waals surface area contributed by atoms with Crippen LogP contribution in [0, 0.1) is 0 Å². The standard InChI is InChI=1S/C20H21ClF3N3O3/c1-26(11-14-7-3-6-10-17(14)30-20(22,23)24)13-19(29)27(2)12-18(28)25-16-9-5-4-8-15(16)21/h3-10H,11-13H2,1-2H3,(H,25,28). The van der Waals surface area contributed by atoms with Crippen molar-refractivity contribution in [3.8, 4) is 5.75 Å². The van der Waals surface area contributed by atoms with Crippen LogP contribution >= 0.6 is 11.6 Å². The van der Waals surface area contributed by atoms with Crippen molar-refractivity contribution in [1.29, 1.82) is 0 Å². The van der Waals surface area contributed by atoms with Gasteiger partial charge in [-0.3, -0.25) is 14.5 Å². The number of anilines is 1. The number of nitrogens with zero attached hydrogens (tertiary/aromatic N) is 2. The molecule has 2 aromatic rings. The highest BCUT2D eigenvalue weighted by Crippen LogP contribution is 2.27. The van der Waals surface area contributed by atoms with E-state index in [9.17, 15) is 22.8 Å². The average molecular weight is 444 g/mol. The number of hydrogen-bond donors (Lipinski definition) is 1. The molecule has 0 spiro atoms. The largest absolute Gasteiger partial charge is 0.573 e. The SMILES string of the molecule is CN(CC(=O)N(C)CC(=O)Nc1ccccc1Cl)Cc1ccccc1OC(F)(F)F. The van der Waals surface area contributed by atoms with Crippen LogP contribution < -0.4 is 10.1 Å². The van der Waals surface area contributed by atoms with Gasteiger partial charge in [0.2, 0.25) is 11.8 Å². The number of para-hydroxylation sites is 2. The van der Waals surface area contributed by atoms with Gasteiger partial charge in [-0.15, -0.1) is 13.2 Å². The average Bonchev–Trinajstić information content (AvgIpc) is 2.64. The molecule has 0 heterocycles. The topological polar surface area (TPSA) is 61.9 Å². The molecule has 0 atom stereocenters. The van der Waals surface area contributed by atoms with Gasteiger partial charge in [-0.1, -0.05) is 41.9 Å². The maximum atomic E-state index is 12.5. The first-order chi connectivity index (χ1) is 14.0. The van der Waals surface area contributed by atoms with Crippen LogP contribution in [0.4, 0.5) is 18.9 Å². The Kier molecular flexibility index (Phi) is 8.08. The Labute approximate surface area is 177 Å². The summed E-state index contributed by atoms with van der Waals surface area (Å²) < 4.78 is 41.6. The number of ether oxygens (including phenoxy) is 1. The maximum absolute atomic E-state index is 12.5. The van der Waals surface area contributed by atoms with Gasteiger partial charge < -0.3 is 15.0 Å². The lowest BCUT2D eigenvalue weighted by molar-refractivity contribution is -0.275. The number of amides is 2. The number of nitrogens with one attached hydrogen (secondary N) is 1. The first-order valence-corrected chi connectivity index (χ1v) is 9.23. The Balaban J connectivity index is 1.89. The quantitative estimate of drug-likeness (QED) is 0.674. The molecule has 0 bridgehead atoms. The molecule has 6 nitrogen and oxygen atoms in total. The van der Waals surface area contributed by atoms with E-state index in [2.05, 4.69) is 10.1 Å². The summed E-state index contributed by atoms with van der Waals surface area (Å²) in [4.78, 5) is 27.3. The fourth-order valence-corrected chi connectivity index (χ4v) is 2.80. The van der Waals surface area contributed by atoms with E-state index in [0.717, 1.165) is 0 Å². The highest BCUT2D eigenvalue weighted by Gasteiger charge is 2.32. The van der Waals surface area contributed by atoms with Crippen LogP contribution in [-0.4, -0.2) is 55.2 Å². The van der Waals surface area contributed by atoms with Gasteiger partial charge >= 0.3 is 6.36 Å².